The second-order valence-electron chi connectivity index (χ2n) is 3.14. The van der Waals surface area contributed by atoms with Crippen LogP contribution < -0.4 is 0 Å². The maximum atomic E-state index is 11.5. The van der Waals surface area contributed by atoms with Gasteiger partial charge in [0.1, 0.15) is 0 Å². The average Bonchev–Trinajstić information content (AvgIpc) is 2.02. The minimum Gasteiger partial charge on any atom is -0.465 e. The molecule has 0 bridgehead atoms. The van der Waals surface area contributed by atoms with Crippen LogP contribution in [0.4, 0.5) is 0 Å². The first kappa shape index (κ1) is 17.4. The van der Waals surface area contributed by atoms with E-state index in [1.165, 1.54) is 6.92 Å². The summed E-state index contributed by atoms with van der Waals surface area (Å²) < 4.78 is 4.59. The Balaban J connectivity index is 0. The summed E-state index contributed by atoms with van der Waals surface area (Å²) >= 11 is 0. The molecule has 0 fully saturated rings. The summed E-state index contributed by atoms with van der Waals surface area (Å²) in [4.78, 5) is 45.5. The van der Waals surface area contributed by atoms with E-state index in [1.54, 1.807) is 0 Å². The standard InChI is InChI=1S/C10H14O5.Al.3H/c1-5-15-9(14)10(6(2)11,7(3)12)8(4)13;;;;/h5H2,1-4H3;;;;. The molecule has 0 rings (SSSR count). The topological polar surface area (TPSA) is 77.5 Å². The SMILES string of the molecule is CCOC(=O)C(C(C)=O)(C(C)=O)C(C)=O.[AlH3]. The number of carbonyl (C=O) groups excluding carboxylic acids is 4. The van der Waals surface area contributed by atoms with Crippen LogP contribution in [0.15, 0.2) is 0 Å². The van der Waals surface area contributed by atoms with Crippen molar-refractivity contribution in [2.24, 2.45) is 5.41 Å². The van der Waals surface area contributed by atoms with Gasteiger partial charge in [0.15, 0.2) is 34.7 Å². The van der Waals surface area contributed by atoms with E-state index < -0.39 is 28.7 Å². The minimum absolute atomic E-state index is 0. The lowest BCUT2D eigenvalue weighted by atomic mass is 9.77. The van der Waals surface area contributed by atoms with Crippen LogP contribution >= 0.6 is 0 Å². The number of ether oxygens (including phenoxy) is 1. The molecule has 0 aromatic carbocycles. The molecule has 0 N–H and O–H groups in total. The molecule has 0 aromatic heterocycles. The summed E-state index contributed by atoms with van der Waals surface area (Å²) in [6.45, 7) is 4.62. The van der Waals surface area contributed by atoms with Gasteiger partial charge in [0.2, 0.25) is 5.41 Å². The first-order valence-corrected chi connectivity index (χ1v) is 4.52. The number of Topliss-reactive ketones (excluding diaryl/α,β-unsaturated/α-hetero) is 3. The number of hydrogen-bond acceptors (Lipinski definition) is 5. The fraction of sp³-hybridized carbons (Fsp3) is 0.600. The smallest absolute Gasteiger partial charge is 0.335 e. The van der Waals surface area contributed by atoms with Gasteiger partial charge in [0.05, 0.1) is 6.61 Å². The van der Waals surface area contributed by atoms with E-state index >= 15 is 0 Å². The number of ketones is 3. The predicted molar refractivity (Wildman–Crippen MR) is 61.0 cm³/mol. The molecule has 0 unspecified atom stereocenters. The van der Waals surface area contributed by atoms with E-state index in [0.717, 1.165) is 20.8 Å². The highest BCUT2D eigenvalue weighted by Gasteiger charge is 2.54. The van der Waals surface area contributed by atoms with E-state index in [0.29, 0.717) is 0 Å². The lowest BCUT2D eigenvalue weighted by Crippen LogP contribution is -2.50. The second kappa shape index (κ2) is 6.56. The number of rotatable bonds is 5. The van der Waals surface area contributed by atoms with Crippen molar-refractivity contribution in [3.63, 3.8) is 0 Å². The molecule has 0 saturated heterocycles. The molecule has 0 saturated carbocycles. The van der Waals surface area contributed by atoms with Crippen LogP contribution in [-0.2, 0) is 23.9 Å². The Kier molecular flexibility index (Phi) is 7.14. The number of hydrogen-bond donors (Lipinski definition) is 0. The van der Waals surface area contributed by atoms with Crippen LogP contribution in [0.5, 0.6) is 0 Å². The Hall–Kier alpha value is -0.988. The fourth-order valence-electron chi connectivity index (χ4n) is 1.41. The molecule has 0 aromatic rings. The van der Waals surface area contributed by atoms with Crippen molar-refractivity contribution in [2.45, 2.75) is 27.7 Å². The Morgan fingerprint density at radius 1 is 0.938 bits per heavy atom. The molecule has 0 aliphatic rings. The lowest BCUT2D eigenvalue weighted by Gasteiger charge is -2.22. The van der Waals surface area contributed by atoms with Crippen molar-refractivity contribution in [3.05, 3.63) is 0 Å². The normalized spacial score (nSPS) is 10.0. The van der Waals surface area contributed by atoms with E-state index in [9.17, 15) is 19.2 Å². The Morgan fingerprint density at radius 2 is 1.25 bits per heavy atom. The molecular weight excluding hydrogens is 227 g/mol. The third kappa shape index (κ3) is 2.77. The summed E-state index contributed by atoms with van der Waals surface area (Å²) in [7, 11) is 0. The van der Waals surface area contributed by atoms with Crippen LogP contribution in [-0.4, -0.2) is 47.3 Å². The lowest BCUT2D eigenvalue weighted by molar-refractivity contribution is -0.165. The molecule has 0 spiro atoms. The summed E-state index contributed by atoms with van der Waals surface area (Å²) in [5.41, 5.74) is -2.27. The van der Waals surface area contributed by atoms with Crippen LogP contribution in [0.3, 0.4) is 0 Å². The van der Waals surface area contributed by atoms with Crippen molar-refractivity contribution in [3.8, 4) is 0 Å². The van der Waals surface area contributed by atoms with E-state index in [4.69, 9.17) is 0 Å². The number of carbonyl (C=O) groups is 4. The minimum atomic E-state index is -2.27. The van der Waals surface area contributed by atoms with Crippen molar-refractivity contribution < 1.29 is 23.9 Å². The van der Waals surface area contributed by atoms with Crippen molar-refractivity contribution in [2.75, 3.05) is 6.61 Å². The molecule has 0 amide bonds. The zero-order valence-electron chi connectivity index (χ0n) is 9.25. The molecule has 0 atom stereocenters. The van der Waals surface area contributed by atoms with Crippen LogP contribution in [0.25, 0.3) is 0 Å². The van der Waals surface area contributed by atoms with Crippen molar-refractivity contribution >= 4 is 40.7 Å². The molecule has 0 heterocycles. The number of esters is 1. The molecule has 16 heavy (non-hydrogen) atoms. The third-order valence-corrected chi connectivity index (χ3v) is 2.17. The molecule has 6 heteroatoms. The molecule has 5 nitrogen and oxygen atoms in total. The quantitative estimate of drug-likeness (QED) is 0.356. The van der Waals surface area contributed by atoms with Crippen LogP contribution in [0.2, 0.25) is 0 Å². The highest BCUT2D eigenvalue weighted by molar-refractivity contribution is 6.36. The predicted octanol–water partition coefficient (Wildman–Crippen LogP) is -0.881. The molecule has 0 aliphatic carbocycles. The first-order chi connectivity index (χ1) is 6.81. The maximum Gasteiger partial charge on any atom is 0.335 e. The van der Waals surface area contributed by atoms with Gasteiger partial charge >= 0.3 is 5.97 Å². The Morgan fingerprint density at radius 3 is 1.44 bits per heavy atom. The molecular formula is C10H17AlO5. The zero-order chi connectivity index (χ0) is 12.2. The fourth-order valence-corrected chi connectivity index (χ4v) is 1.41. The van der Waals surface area contributed by atoms with E-state index in [2.05, 4.69) is 4.74 Å². The van der Waals surface area contributed by atoms with Gasteiger partial charge in [0.25, 0.3) is 0 Å². The van der Waals surface area contributed by atoms with Crippen molar-refractivity contribution in [1.82, 2.24) is 0 Å². The summed E-state index contributed by atoms with van der Waals surface area (Å²) in [6.07, 6.45) is 0. The van der Waals surface area contributed by atoms with Gasteiger partial charge < -0.3 is 4.74 Å². The Bertz CT molecular complexity index is 285. The van der Waals surface area contributed by atoms with Gasteiger partial charge in [-0.05, 0) is 27.7 Å². The van der Waals surface area contributed by atoms with Gasteiger partial charge in [-0.3, -0.25) is 19.2 Å². The first-order valence-electron chi connectivity index (χ1n) is 4.52. The molecule has 90 valence electrons. The second-order valence-corrected chi connectivity index (χ2v) is 3.14. The monoisotopic (exact) mass is 244 g/mol. The summed E-state index contributed by atoms with van der Waals surface area (Å²) in [5.74, 6) is -3.50. The highest BCUT2D eigenvalue weighted by atomic mass is 27.0. The maximum absolute atomic E-state index is 11.5. The zero-order valence-corrected chi connectivity index (χ0v) is 9.25. The third-order valence-electron chi connectivity index (χ3n) is 2.17. The molecule has 0 aliphatic heterocycles. The van der Waals surface area contributed by atoms with Crippen LogP contribution in [0, 0.1) is 5.41 Å². The molecule has 0 radical (unpaired) electrons. The van der Waals surface area contributed by atoms with Crippen LogP contribution in [0.1, 0.15) is 27.7 Å². The van der Waals surface area contributed by atoms with Gasteiger partial charge in [0, 0.05) is 0 Å². The highest BCUT2D eigenvalue weighted by Crippen LogP contribution is 2.23. The summed E-state index contributed by atoms with van der Waals surface area (Å²) in [6, 6.07) is 0. The van der Waals surface area contributed by atoms with Gasteiger partial charge in [-0.15, -0.1) is 0 Å². The van der Waals surface area contributed by atoms with Crippen molar-refractivity contribution in [1.29, 1.82) is 0 Å². The average molecular weight is 244 g/mol. The van der Waals surface area contributed by atoms with E-state index in [1.807, 2.05) is 0 Å². The van der Waals surface area contributed by atoms with Gasteiger partial charge in [-0.1, -0.05) is 0 Å². The summed E-state index contributed by atoms with van der Waals surface area (Å²) in [5, 5.41) is 0. The Labute approximate surface area is 105 Å². The van der Waals surface area contributed by atoms with Gasteiger partial charge in [-0.2, -0.15) is 0 Å². The van der Waals surface area contributed by atoms with E-state index in [-0.39, 0.29) is 24.0 Å². The largest absolute Gasteiger partial charge is 0.465 e. The van der Waals surface area contributed by atoms with Gasteiger partial charge in [-0.25, -0.2) is 0 Å².